The Bertz CT molecular complexity index is 760. The van der Waals surface area contributed by atoms with Crippen LogP contribution in [0.2, 0.25) is 0 Å². The molecule has 7 nitrogen and oxygen atoms in total. The maximum Gasteiger partial charge on any atom is 0.201 e. The maximum absolute atomic E-state index is 6.05. The van der Waals surface area contributed by atoms with E-state index in [1.807, 2.05) is 41.3 Å². The molecule has 0 saturated heterocycles. The number of nitrogens with two attached hydrogens (primary N) is 1. The zero-order valence-corrected chi connectivity index (χ0v) is 12.2. The largest absolute Gasteiger partial charge is 0.492 e. The Labute approximate surface area is 122 Å². The number of hydrogen-bond donors (Lipinski definition) is 1. The lowest BCUT2D eigenvalue weighted by Crippen LogP contribution is -2.08. The highest BCUT2D eigenvalue weighted by molar-refractivity contribution is 5.84. The molecule has 0 spiro atoms. The standard InChI is InChI=1S/C14H18N6O/c1-3-21-11-6-4-5-10-13(11)17-14(15)20(10)8-7-12-18-16-9-19(12)2/h4-6,9H,3,7-8H2,1-2H3,(H2,15,17). The molecular formula is C14H18N6O. The van der Waals surface area contributed by atoms with E-state index in [4.69, 9.17) is 10.5 Å². The fourth-order valence-electron chi connectivity index (χ4n) is 2.39. The molecule has 0 radical (unpaired) electrons. The van der Waals surface area contributed by atoms with E-state index in [1.54, 1.807) is 6.33 Å². The first-order valence-electron chi connectivity index (χ1n) is 6.91. The lowest BCUT2D eigenvalue weighted by molar-refractivity contribution is 0.343. The van der Waals surface area contributed by atoms with Crippen molar-refractivity contribution in [2.75, 3.05) is 12.3 Å². The van der Waals surface area contributed by atoms with Crippen LogP contribution in [0.25, 0.3) is 11.0 Å². The predicted octanol–water partition coefficient (Wildman–Crippen LogP) is 1.39. The van der Waals surface area contributed by atoms with Gasteiger partial charge in [0, 0.05) is 20.0 Å². The molecule has 0 unspecified atom stereocenters. The summed E-state index contributed by atoms with van der Waals surface area (Å²) in [7, 11) is 1.93. The Hall–Kier alpha value is -2.57. The zero-order chi connectivity index (χ0) is 14.8. The van der Waals surface area contributed by atoms with Gasteiger partial charge in [-0.05, 0) is 19.1 Å². The summed E-state index contributed by atoms with van der Waals surface area (Å²) in [6.45, 7) is 3.25. The van der Waals surface area contributed by atoms with E-state index >= 15 is 0 Å². The molecule has 0 aliphatic heterocycles. The van der Waals surface area contributed by atoms with E-state index in [0.717, 1.165) is 29.0 Å². The zero-order valence-electron chi connectivity index (χ0n) is 12.2. The summed E-state index contributed by atoms with van der Waals surface area (Å²) in [6.07, 6.45) is 2.43. The van der Waals surface area contributed by atoms with Crippen molar-refractivity contribution < 1.29 is 4.74 Å². The molecule has 2 heterocycles. The van der Waals surface area contributed by atoms with Gasteiger partial charge in [-0.1, -0.05) is 6.07 Å². The van der Waals surface area contributed by atoms with E-state index in [-0.39, 0.29) is 0 Å². The van der Waals surface area contributed by atoms with Crippen LogP contribution in [-0.4, -0.2) is 30.9 Å². The summed E-state index contributed by atoms with van der Waals surface area (Å²) >= 11 is 0. The molecule has 110 valence electrons. The van der Waals surface area contributed by atoms with Crippen molar-refractivity contribution in [3.8, 4) is 5.75 Å². The smallest absolute Gasteiger partial charge is 0.201 e. The van der Waals surface area contributed by atoms with Crippen molar-refractivity contribution >= 4 is 17.0 Å². The Morgan fingerprint density at radius 2 is 2.19 bits per heavy atom. The first kappa shape index (κ1) is 13.4. The third-order valence-electron chi connectivity index (χ3n) is 3.44. The monoisotopic (exact) mass is 286 g/mol. The van der Waals surface area contributed by atoms with E-state index in [1.165, 1.54) is 0 Å². The lowest BCUT2D eigenvalue weighted by atomic mass is 10.3. The second-order valence-corrected chi connectivity index (χ2v) is 4.79. The van der Waals surface area contributed by atoms with Crippen molar-refractivity contribution in [3.63, 3.8) is 0 Å². The van der Waals surface area contributed by atoms with Gasteiger partial charge in [0.25, 0.3) is 0 Å². The van der Waals surface area contributed by atoms with Crippen LogP contribution in [0.5, 0.6) is 5.75 Å². The second kappa shape index (κ2) is 5.43. The molecular weight excluding hydrogens is 268 g/mol. The van der Waals surface area contributed by atoms with Crippen LogP contribution in [0.4, 0.5) is 5.95 Å². The minimum atomic E-state index is 0.485. The number of anilines is 1. The van der Waals surface area contributed by atoms with Crippen molar-refractivity contribution in [2.45, 2.75) is 19.9 Å². The lowest BCUT2D eigenvalue weighted by Gasteiger charge is -2.07. The van der Waals surface area contributed by atoms with Gasteiger partial charge < -0.3 is 19.6 Å². The number of benzene rings is 1. The Balaban J connectivity index is 1.93. The molecule has 0 atom stereocenters. The van der Waals surface area contributed by atoms with Crippen molar-refractivity contribution in [3.05, 3.63) is 30.4 Å². The van der Waals surface area contributed by atoms with Gasteiger partial charge in [0.15, 0.2) is 0 Å². The third-order valence-corrected chi connectivity index (χ3v) is 3.44. The number of para-hydroxylation sites is 1. The van der Waals surface area contributed by atoms with Crippen LogP contribution in [0.1, 0.15) is 12.7 Å². The van der Waals surface area contributed by atoms with Gasteiger partial charge in [-0.2, -0.15) is 0 Å². The number of fused-ring (bicyclic) bond motifs is 1. The molecule has 0 aliphatic carbocycles. The Morgan fingerprint density at radius 1 is 1.33 bits per heavy atom. The number of hydrogen-bond acceptors (Lipinski definition) is 5. The fraction of sp³-hybridized carbons (Fsp3) is 0.357. The third kappa shape index (κ3) is 2.42. The number of nitrogens with zero attached hydrogens (tertiary/aromatic N) is 5. The summed E-state index contributed by atoms with van der Waals surface area (Å²) in [4.78, 5) is 4.43. The molecule has 3 aromatic rings. The molecule has 1 aromatic carbocycles. The molecule has 0 amide bonds. The fourth-order valence-corrected chi connectivity index (χ4v) is 2.39. The van der Waals surface area contributed by atoms with E-state index < -0.39 is 0 Å². The summed E-state index contributed by atoms with van der Waals surface area (Å²) in [5, 5.41) is 7.97. The summed E-state index contributed by atoms with van der Waals surface area (Å²) in [5.74, 6) is 2.16. The Kier molecular flexibility index (Phi) is 3.47. The number of aromatic nitrogens is 5. The van der Waals surface area contributed by atoms with Gasteiger partial charge in [0.1, 0.15) is 23.4 Å². The number of nitrogen functional groups attached to an aromatic ring is 1. The van der Waals surface area contributed by atoms with Crippen molar-refractivity contribution in [2.24, 2.45) is 7.05 Å². The molecule has 21 heavy (non-hydrogen) atoms. The topological polar surface area (TPSA) is 83.8 Å². The van der Waals surface area contributed by atoms with E-state index in [9.17, 15) is 0 Å². The van der Waals surface area contributed by atoms with Gasteiger partial charge in [0.05, 0.1) is 12.1 Å². The summed E-state index contributed by atoms with van der Waals surface area (Å²) in [6, 6.07) is 5.86. The first-order valence-corrected chi connectivity index (χ1v) is 6.91. The van der Waals surface area contributed by atoms with Crippen molar-refractivity contribution in [1.82, 2.24) is 24.3 Å². The Morgan fingerprint density at radius 3 is 2.90 bits per heavy atom. The van der Waals surface area contributed by atoms with Crippen molar-refractivity contribution in [1.29, 1.82) is 0 Å². The van der Waals surface area contributed by atoms with E-state index in [0.29, 0.717) is 19.1 Å². The molecule has 0 aliphatic rings. The second-order valence-electron chi connectivity index (χ2n) is 4.79. The average Bonchev–Trinajstić information content (AvgIpc) is 3.01. The highest BCUT2D eigenvalue weighted by Gasteiger charge is 2.13. The van der Waals surface area contributed by atoms with Crippen LogP contribution in [0.3, 0.4) is 0 Å². The van der Waals surface area contributed by atoms with Crippen LogP contribution in [0, 0.1) is 0 Å². The molecule has 2 aromatic heterocycles. The van der Waals surface area contributed by atoms with Crippen LogP contribution in [0.15, 0.2) is 24.5 Å². The quantitative estimate of drug-likeness (QED) is 0.766. The summed E-state index contributed by atoms with van der Waals surface area (Å²) in [5.41, 5.74) is 7.82. The molecule has 3 rings (SSSR count). The molecule has 0 saturated carbocycles. The molecule has 0 fully saturated rings. The van der Waals surface area contributed by atoms with Gasteiger partial charge in [-0.3, -0.25) is 0 Å². The maximum atomic E-state index is 6.05. The first-order chi connectivity index (χ1) is 10.2. The molecule has 7 heteroatoms. The highest BCUT2D eigenvalue weighted by atomic mass is 16.5. The number of ether oxygens (including phenoxy) is 1. The highest BCUT2D eigenvalue weighted by Crippen LogP contribution is 2.27. The van der Waals surface area contributed by atoms with Gasteiger partial charge in [-0.15, -0.1) is 10.2 Å². The molecule has 2 N–H and O–H groups in total. The van der Waals surface area contributed by atoms with Gasteiger partial charge in [0.2, 0.25) is 5.95 Å². The van der Waals surface area contributed by atoms with E-state index in [2.05, 4.69) is 15.2 Å². The minimum Gasteiger partial charge on any atom is -0.492 e. The van der Waals surface area contributed by atoms with Crippen LogP contribution >= 0.6 is 0 Å². The van der Waals surface area contributed by atoms with Gasteiger partial charge >= 0.3 is 0 Å². The number of aryl methyl sites for hydroxylation is 3. The SMILES string of the molecule is CCOc1cccc2c1nc(N)n2CCc1nncn1C. The summed E-state index contributed by atoms with van der Waals surface area (Å²) < 4.78 is 9.48. The minimum absolute atomic E-state index is 0.485. The average molecular weight is 286 g/mol. The normalized spacial score (nSPS) is 11.1. The van der Waals surface area contributed by atoms with Crippen LogP contribution in [-0.2, 0) is 20.0 Å². The predicted molar refractivity (Wildman–Crippen MR) is 80.0 cm³/mol. The number of imidazole rings is 1. The van der Waals surface area contributed by atoms with Crippen LogP contribution < -0.4 is 10.5 Å². The molecule has 0 bridgehead atoms. The number of rotatable bonds is 5. The van der Waals surface area contributed by atoms with Gasteiger partial charge in [-0.25, -0.2) is 4.98 Å².